The van der Waals surface area contributed by atoms with Crippen LogP contribution in [0.4, 0.5) is 0 Å². The molecule has 0 spiro atoms. The maximum absolute atomic E-state index is 11.9. The van der Waals surface area contributed by atoms with Crippen LogP contribution in [-0.4, -0.2) is 17.8 Å². The van der Waals surface area contributed by atoms with Gasteiger partial charge in [-0.1, -0.05) is 36.4 Å². The second-order valence-electron chi connectivity index (χ2n) is 4.72. The predicted molar refractivity (Wildman–Crippen MR) is 84.5 cm³/mol. The number of esters is 1. The van der Waals surface area contributed by atoms with Crippen LogP contribution in [-0.2, 0) is 9.53 Å². The zero-order chi connectivity index (χ0) is 16.7. The molecular formula is C18H15NO4. The Balaban J connectivity index is 1.94. The minimum Gasteiger partial charge on any atom is -0.430 e. The van der Waals surface area contributed by atoms with Crippen LogP contribution in [0.5, 0.6) is 0 Å². The molecule has 0 radical (unpaired) electrons. The number of benzene rings is 2. The van der Waals surface area contributed by atoms with Gasteiger partial charge >= 0.3 is 5.97 Å². The van der Waals surface area contributed by atoms with Gasteiger partial charge in [-0.05, 0) is 31.2 Å². The largest absolute Gasteiger partial charge is 0.430 e. The first kappa shape index (κ1) is 16.2. The van der Waals surface area contributed by atoms with Crippen molar-refractivity contribution in [2.45, 2.75) is 6.92 Å². The first-order chi connectivity index (χ1) is 11.1. The molecule has 0 aromatic heterocycles. The molecule has 0 saturated heterocycles. The average Bonchev–Trinajstić information content (AvgIpc) is 2.60. The van der Waals surface area contributed by atoms with Gasteiger partial charge in [0.15, 0.2) is 0 Å². The van der Waals surface area contributed by atoms with Crippen molar-refractivity contribution < 1.29 is 19.1 Å². The molecule has 5 nitrogen and oxygen atoms in total. The van der Waals surface area contributed by atoms with E-state index in [1.165, 1.54) is 6.92 Å². The van der Waals surface area contributed by atoms with E-state index in [1.807, 2.05) is 0 Å². The Morgan fingerprint density at radius 3 is 1.96 bits per heavy atom. The number of ether oxygens (including phenoxy) is 1. The van der Waals surface area contributed by atoms with E-state index in [9.17, 15) is 14.4 Å². The van der Waals surface area contributed by atoms with Crippen molar-refractivity contribution >= 4 is 17.8 Å². The molecule has 0 aliphatic heterocycles. The number of carbonyl (C=O) groups excluding carboxylic acids is 3. The SMILES string of the molecule is C/C(=C\OC(=O)c1ccccc1)C(=O)NC(=O)c1ccccc1. The van der Waals surface area contributed by atoms with Crippen LogP contribution in [0.3, 0.4) is 0 Å². The summed E-state index contributed by atoms with van der Waals surface area (Å²) in [7, 11) is 0. The topological polar surface area (TPSA) is 72.5 Å². The molecule has 0 bridgehead atoms. The number of nitrogens with one attached hydrogen (secondary N) is 1. The third kappa shape index (κ3) is 4.64. The lowest BCUT2D eigenvalue weighted by Crippen LogP contribution is -2.31. The highest BCUT2D eigenvalue weighted by atomic mass is 16.5. The minimum atomic E-state index is -0.625. The zero-order valence-electron chi connectivity index (χ0n) is 12.5. The fraction of sp³-hybridized carbons (Fsp3) is 0.0556. The Morgan fingerprint density at radius 1 is 0.870 bits per heavy atom. The number of hydrogen-bond donors (Lipinski definition) is 1. The standard InChI is InChI=1S/C18H15NO4/c1-13(12-23-18(22)15-10-6-3-7-11-15)16(20)19-17(21)14-8-4-2-5-9-14/h2-12H,1H3,(H,19,20,21)/b13-12+. The molecule has 0 fully saturated rings. The predicted octanol–water partition coefficient (Wildman–Crippen LogP) is 2.70. The second kappa shape index (κ2) is 7.70. The molecule has 5 heteroatoms. The molecule has 0 saturated carbocycles. The molecule has 0 unspecified atom stereocenters. The van der Waals surface area contributed by atoms with Crippen molar-refractivity contribution in [2.75, 3.05) is 0 Å². The zero-order valence-corrected chi connectivity index (χ0v) is 12.5. The van der Waals surface area contributed by atoms with Gasteiger partial charge in [0.05, 0.1) is 5.56 Å². The van der Waals surface area contributed by atoms with E-state index in [1.54, 1.807) is 60.7 Å². The van der Waals surface area contributed by atoms with Crippen molar-refractivity contribution in [2.24, 2.45) is 0 Å². The number of imide groups is 1. The fourth-order valence-electron chi connectivity index (χ4n) is 1.70. The molecule has 0 aliphatic carbocycles. The lowest BCUT2D eigenvalue weighted by Gasteiger charge is -2.05. The highest BCUT2D eigenvalue weighted by Gasteiger charge is 2.12. The van der Waals surface area contributed by atoms with E-state index in [2.05, 4.69) is 5.32 Å². The van der Waals surface area contributed by atoms with Gasteiger partial charge < -0.3 is 4.74 Å². The van der Waals surface area contributed by atoms with Crippen LogP contribution >= 0.6 is 0 Å². The third-order valence-corrected chi connectivity index (χ3v) is 2.97. The summed E-state index contributed by atoms with van der Waals surface area (Å²) in [5.41, 5.74) is 0.853. The summed E-state index contributed by atoms with van der Waals surface area (Å²) in [5.74, 6) is -1.72. The summed E-state index contributed by atoms with van der Waals surface area (Å²) in [5, 5.41) is 2.22. The van der Waals surface area contributed by atoms with Crippen molar-refractivity contribution in [3.05, 3.63) is 83.6 Å². The van der Waals surface area contributed by atoms with E-state index in [-0.39, 0.29) is 5.57 Å². The molecule has 0 aliphatic rings. The monoisotopic (exact) mass is 309 g/mol. The lowest BCUT2D eigenvalue weighted by atomic mass is 10.2. The lowest BCUT2D eigenvalue weighted by molar-refractivity contribution is -0.116. The molecule has 23 heavy (non-hydrogen) atoms. The van der Waals surface area contributed by atoms with Crippen molar-refractivity contribution in [3.8, 4) is 0 Å². The highest BCUT2D eigenvalue weighted by molar-refractivity contribution is 6.09. The number of amides is 2. The van der Waals surface area contributed by atoms with Crippen molar-refractivity contribution in [1.29, 1.82) is 0 Å². The van der Waals surface area contributed by atoms with Gasteiger partial charge in [0.25, 0.3) is 11.8 Å². The molecule has 2 aromatic rings. The van der Waals surface area contributed by atoms with Crippen molar-refractivity contribution in [1.82, 2.24) is 5.32 Å². The Bertz CT molecular complexity index is 736. The Hall–Kier alpha value is -3.21. The van der Waals surface area contributed by atoms with Gasteiger partial charge in [-0.2, -0.15) is 0 Å². The number of carbonyl (C=O) groups is 3. The third-order valence-electron chi connectivity index (χ3n) is 2.97. The van der Waals surface area contributed by atoms with Gasteiger partial charge in [-0.15, -0.1) is 0 Å². The summed E-state index contributed by atoms with van der Waals surface area (Å²) < 4.78 is 4.93. The number of hydrogen-bond acceptors (Lipinski definition) is 4. The van der Waals surface area contributed by atoms with Crippen molar-refractivity contribution in [3.63, 3.8) is 0 Å². The maximum Gasteiger partial charge on any atom is 0.342 e. The fourth-order valence-corrected chi connectivity index (χ4v) is 1.70. The van der Waals surface area contributed by atoms with Gasteiger partial charge in [-0.25, -0.2) is 4.79 Å². The molecular weight excluding hydrogens is 294 g/mol. The minimum absolute atomic E-state index is 0.110. The molecule has 1 N–H and O–H groups in total. The summed E-state index contributed by atoms with van der Waals surface area (Å²) in [4.78, 5) is 35.5. The quantitative estimate of drug-likeness (QED) is 0.535. The van der Waals surface area contributed by atoms with Crippen LogP contribution in [0.2, 0.25) is 0 Å². The summed E-state index contributed by atoms with van der Waals surface area (Å²) in [6.07, 6.45) is 1.03. The van der Waals surface area contributed by atoms with Crippen LogP contribution < -0.4 is 5.32 Å². The van der Waals surface area contributed by atoms with E-state index >= 15 is 0 Å². The van der Waals surface area contributed by atoms with Gasteiger partial charge in [0.1, 0.15) is 6.26 Å². The molecule has 2 rings (SSSR count). The maximum atomic E-state index is 11.9. The van der Waals surface area contributed by atoms with E-state index in [0.29, 0.717) is 11.1 Å². The molecule has 0 atom stereocenters. The molecule has 2 amide bonds. The summed E-state index contributed by atoms with van der Waals surface area (Å²) >= 11 is 0. The van der Waals surface area contributed by atoms with Crippen LogP contribution in [0.25, 0.3) is 0 Å². The van der Waals surface area contributed by atoms with Gasteiger partial charge in [-0.3, -0.25) is 14.9 Å². The van der Waals surface area contributed by atoms with Gasteiger partial charge in [0, 0.05) is 11.1 Å². The Morgan fingerprint density at radius 2 is 1.39 bits per heavy atom. The first-order valence-electron chi connectivity index (χ1n) is 6.91. The molecule has 0 heterocycles. The second-order valence-corrected chi connectivity index (χ2v) is 4.72. The Kier molecular flexibility index (Phi) is 5.41. The van der Waals surface area contributed by atoms with Crippen LogP contribution in [0.15, 0.2) is 72.5 Å². The normalized spacial score (nSPS) is 10.7. The number of rotatable bonds is 4. The smallest absolute Gasteiger partial charge is 0.342 e. The highest BCUT2D eigenvalue weighted by Crippen LogP contribution is 2.04. The average molecular weight is 309 g/mol. The molecule has 2 aromatic carbocycles. The summed E-state index contributed by atoms with van der Waals surface area (Å²) in [6, 6.07) is 16.8. The van der Waals surface area contributed by atoms with E-state index < -0.39 is 17.8 Å². The van der Waals surface area contributed by atoms with E-state index in [0.717, 1.165) is 6.26 Å². The first-order valence-corrected chi connectivity index (χ1v) is 6.91. The van der Waals surface area contributed by atoms with Gasteiger partial charge in [0.2, 0.25) is 0 Å². The van der Waals surface area contributed by atoms with E-state index in [4.69, 9.17) is 4.74 Å². The Labute approximate surface area is 133 Å². The molecule has 116 valence electrons. The van der Waals surface area contributed by atoms with Crippen LogP contribution in [0, 0.1) is 0 Å². The van der Waals surface area contributed by atoms with Crippen LogP contribution in [0.1, 0.15) is 27.6 Å². The summed E-state index contributed by atoms with van der Waals surface area (Å²) in [6.45, 7) is 1.45.